The molecule has 2 aromatic heterocycles. The molecule has 1 amide bonds. The summed E-state index contributed by atoms with van der Waals surface area (Å²) in [6.45, 7) is 3.59. The van der Waals surface area contributed by atoms with Gasteiger partial charge in [-0.1, -0.05) is 30.3 Å². The average Bonchev–Trinajstić information content (AvgIpc) is 3.47. The second kappa shape index (κ2) is 10.4. The molecule has 0 atom stereocenters. The second-order valence-corrected chi connectivity index (χ2v) is 8.51. The molecule has 2 heterocycles. The Morgan fingerprint density at radius 1 is 1.00 bits per heavy atom. The van der Waals surface area contributed by atoms with Crippen molar-refractivity contribution in [1.29, 1.82) is 0 Å². The van der Waals surface area contributed by atoms with Gasteiger partial charge in [0.2, 0.25) is 0 Å². The lowest BCUT2D eigenvalue weighted by atomic mass is 10.1. The van der Waals surface area contributed by atoms with E-state index in [1.807, 2.05) is 42.5 Å². The first-order valence-electron chi connectivity index (χ1n) is 10.8. The largest absolute Gasteiger partial charge is 0.486 e. The lowest BCUT2D eigenvalue weighted by molar-refractivity contribution is 0.0531. The third kappa shape index (κ3) is 5.20. The molecule has 0 unspecified atom stereocenters. The van der Waals surface area contributed by atoms with Crippen LogP contribution in [-0.2, 0) is 16.1 Å². The Hall–Kier alpha value is -4.11. The summed E-state index contributed by atoms with van der Waals surface area (Å²) in [7, 11) is 1.23. The topological polar surface area (TPSA) is 104 Å². The van der Waals surface area contributed by atoms with E-state index < -0.39 is 17.8 Å². The van der Waals surface area contributed by atoms with Gasteiger partial charge in [-0.3, -0.25) is 4.79 Å². The molecule has 0 spiro atoms. The molecule has 9 heteroatoms. The van der Waals surface area contributed by atoms with Crippen LogP contribution < -0.4 is 10.1 Å². The maximum Gasteiger partial charge on any atom is 0.348 e. The van der Waals surface area contributed by atoms with Crippen molar-refractivity contribution in [1.82, 2.24) is 0 Å². The van der Waals surface area contributed by atoms with Gasteiger partial charge in [0.25, 0.3) is 5.91 Å². The number of rotatable bonds is 8. The number of thiophene rings is 1. The van der Waals surface area contributed by atoms with Gasteiger partial charge in [-0.25, -0.2) is 9.59 Å². The fraction of sp³-hybridized carbons (Fsp3) is 0.192. The maximum atomic E-state index is 12.8. The molecule has 1 N–H and O–H groups in total. The fourth-order valence-corrected chi connectivity index (χ4v) is 4.58. The summed E-state index contributed by atoms with van der Waals surface area (Å²) in [6.07, 6.45) is 0. The second-order valence-electron chi connectivity index (χ2n) is 7.49. The molecule has 4 aromatic rings. The number of ether oxygens (including phenoxy) is 3. The van der Waals surface area contributed by atoms with Crippen LogP contribution in [0.15, 0.2) is 59.0 Å². The Labute approximate surface area is 205 Å². The average molecular weight is 494 g/mol. The zero-order valence-corrected chi connectivity index (χ0v) is 20.2. The van der Waals surface area contributed by atoms with Gasteiger partial charge in [0.15, 0.2) is 5.76 Å². The SMILES string of the molecule is CCOC(=O)c1sc(NC(=O)c2ccc(COc3ccc4ccccc4c3)o2)c(C(=O)OC)c1C. The fourth-order valence-electron chi connectivity index (χ4n) is 3.49. The van der Waals surface area contributed by atoms with Crippen molar-refractivity contribution in [3.63, 3.8) is 0 Å². The van der Waals surface area contributed by atoms with E-state index in [1.165, 1.54) is 13.2 Å². The Morgan fingerprint density at radius 3 is 2.51 bits per heavy atom. The van der Waals surface area contributed by atoms with Crippen LogP contribution in [0, 0.1) is 6.92 Å². The molecule has 0 aliphatic heterocycles. The number of fused-ring (bicyclic) bond motifs is 1. The van der Waals surface area contributed by atoms with E-state index in [9.17, 15) is 14.4 Å². The first-order chi connectivity index (χ1) is 16.9. The van der Waals surface area contributed by atoms with Crippen LogP contribution in [-0.4, -0.2) is 31.6 Å². The number of esters is 2. The van der Waals surface area contributed by atoms with E-state index in [0.29, 0.717) is 17.1 Å². The normalized spacial score (nSPS) is 10.7. The van der Waals surface area contributed by atoms with Crippen molar-refractivity contribution in [2.45, 2.75) is 20.5 Å². The van der Waals surface area contributed by atoms with Gasteiger partial charge in [0.05, 0.1) is 19.3 Å². The van der Waals surface area contributed by atoms with Gasteiger partial charge in [0, 0.05) is 0 Å². The molecule has 0 fully saturated rings. The van der Waals surface area contributed by atoms with Crippen molar-refractivity contribution in [2.24, 2.45) is 0 Å². The minimum absolute atomic E-state index is 0.0293. The van der Waals surface area contributed by atoms with Crippen molar-refractivity contribution in [2.75, 3.05) is 19.0 Å². The maximum absolute atomic E-state index is 12.8. The van der Waals surface area contributed by atoms with Crippen molar-refractivity contribution < 1.29 is 33.0 Å². The van der Waals surface area contributed by atoms with Crippen LogP contribution in [0.4, 0.5) is 5.00 Å². The lowest BCUT2D eigenvalue weighted by Gasteiger charge is -2.06. The van der Waals surface area contributed by atoms with Crippen LogP contribution in [0.25, 0.3) is 10.8 Å². The monoisotopic (exact) mass is 493 g/mol. The molecule has 4 rings (SSSR count). The summed E-state index contributed by atoms with van der Waals surface area (Å²) >= 11 is 0.942. The van der Waals surface area contributed by atoms with Gasteiger partial charge in [0.1, 0.15) is 28.0 Å². The summed E-state index contributed by atoms with van der Waals surface area (Å²) in [5, 5.41) is 4.98. The molecule has 8 nitrogen and oxygen atoms in total. The van der Waals surface area contributed by atoms with Crippen molar-refractivity contribution >= 4 is 45.0 Å². The summed E-state index contributed by atoms with van der Waals surface area (Å²) in [5.41, 5.74) is 0.472. The molecule has 0 aliphatic rings. The molecule has 180 valence electrons. The minimum Gasteiger partial charge on any atom is -0.486 e. The van der Waals surface area contributed by atoms with E-state index in [-0.39, 0.29) is 34.4 Å². The van der Waals surface area contributed by atoms with Crippen LogP contribution in [0.2, 0.25) is 0 Å². The van der Waals surface area contributed by atoms with Crippen LogP contribution in [0.5, 0.6) is 5.75 Å². The van der Waals surface area contributed by atoms with E-state index in [4.69, 9.17) is 18.6 Å². The predicted octanol–water partition coefficient (Wildman–Crippen LogP) is 5.60. The minimum atomic E-state index is -0.673. The zero-order valence-electron chi connectivity index (χ0n) is 19.4. The number of methoxy groups -OCH3 is 1. The molecular formula is C26H23NO7S. The zero-order chi connectivity index (χ0) is 24.9. The number of hydrogen-bond donors (Lipinski definition) is 1. The third-order valence-corrected chi connectivity index (χ3v) is 6.40. The quantitative estimate of drug-likeness (QED) is 0.319. The molecular weight excluding hydrogens is 470 g/mol. The van der Waals surface area contributed by atoms with Gasteiger partial charge in [-0.15, -0.1) is 11.3 Å². The van der Waals surface area contributed by atoms with Crippen LogP contribution in [0.3, 0.4) is 0 Å². The molecule has 0 radical (unpaired) electrons. The highest BCUT2D eigenvalue weighted by molar-refractivity contribution is 7.18. The molecule has 0 aliphatic carbocycles. The number of hydrogen-bond acceptors (Lipinski definition) is 8. The van der Waals surface area contributed by atoms with Gasteiger partial charge in [-0.05, 0) is 54.4 Å². The van der Waals surface area contributed by atoms with E-state index in [2.05, 4.69) is 5.32 Å². The first-order valence-corrected chi connectivity index (χ1v) is 11.6. The summed E-state index contributed by atoms with van der Waals surface area (Å²) < 4.78 is 21.3. The Morgan fingerprint density at radius 2 is 1.77 bits per heavy atom. The lowest BCUT2D eigenvalue weighted by Crippen LogP contribution is -2.13. The number of benzene rings is 2. The summed E-state index contributed by atoms with van der Waals surface area (Å²) in [6, 6.07) is 16.9. The number of furan rings is 1. The van der Waals surface area contributed by atoms with Crippen LogP contribution in [0.1, 0.15) is 48.8 Å². The standard InChI is InChI=1S/C26H23NO7S/c1-4-32-26(30)22-15(2)21(25(29)31-3)24(35-22)27-23(28)20-12-11-19(34-20)14-33-18-10-9-16-7-5-6-8-17(16)13-18/h5-13H,4,14H2,1-3H3,(H,27,28). The van der Waals surface area contributed by atoms with E-state index in [0.717, 1.165) is 22.1 Å². The number of carbonyl (C=O) groups excluding carboxylic acids is 3. The van der Waals surface area contributed by atoms with Gasteiger partial charge in [-0.2, -0.15) is 0 Å². The van der Waals surface area contributed by atoms with Crippen LogP contribution >= 0.6 is 11.3 Å². The number of amides is 1. The highest BCUT2D eigenvalue weighted by Crippen LogP contribution is 2.34. The molecule has 0 saturated carbocycles. The first kappa shape index (κ1) is 24.0. The predicted molar refractivity (Wildman–Crippen MR) is 131 cm³/mol. The third-order valence-electron chi connectivity index (χ3n) is 5.21. The molecule has 35 heavy (non-hydrogen) atoms. The number of anilines is 1. The number of nitrogens with one attached hydrogen (secondary N) is 1. The smallest absolute Gasteiger partial charge is 0.348 e. The Bertz CT molecular complexity index is 1400. The van der Waals surface area contributed by atoms with Gasteiger partial charge >= 0.3 is 11.9 Å². The molecule has 0 bridgehead atoms. The van der Waals surface area contributed by atoms with Crippen molar-refractivity contribution in [3.05, 3.63) is 82.1 Å². The molecule has 2 aromatic carbocycles. The Kier molecular flexibility index (Phi) is 7.17. The highest BCUT2D eigenvalue weighted by Gasteiger charge is 2.27. The number of carbonyl (C=O) groups is 3. The van der Waals surface area contributed by atoms with Gasteiger partial charge < -0.3 is 23.9 Å². The highest BCUT2D eigenvalue weighted by atomic mass is 32.1. The Balaban J connectivity index is 1.48. The summed E-state index contributed by atoms with van der Waals surface area (Å²) in [4.78, 5) is 37.6. The van der Waals surface area contributed by atoms with E-state index in [1.54, 1.807) is 19.9 Å². The van der Waals surface area contributed by atoms with Crippen molar-refractivity contribution in [3.8, 4) is 5.75 Å². The summed E-state index contributed by atoms with van der Waals surface area (Å²) in [5.74, 6) is -0.675. The molecule has 0 saturated heterocycles. The van der Waals surface area contributed by atoms with E-state index >= 15 is 0 Å².